The third kappa shape index (κ3) is 3.73. The number of benzene rings is 5. The highest BCUT2D eigenvalue weighted by molar-refractivity contribution is 7.23. The number of nitrogens with zero attached hydrogens (tertiary/aromatic N) is 2. The summed E-state index contributed by atoms with van der Waals surface area (Å²) in [7, 11) is 0. The number of oxazole rings is 1. The summed E-state index contributed by atoms with van der Waals surface area (Å²) in [5.41, 5.74) is 9.33. The second-order valence-electron chi connectivity index (χ2n) is 9.78. The van der Waals surface area contributed by atoms with Crippen molar-refractivity contribution in [1.82, 2.24) is 9.97 Å². The maximum atomic E-state index is 6.05. The van der Waals surface area contributed by atoms with Crippen LogP contribution < -0.4 is 0 Å². The van der Waals surface area contributed by atoms with Crippen molar-refractivity contribution in [3.63, 3.8) is 0 Å². The molecule has 40 heavy (non-hydrogen) atoms. The summed E-state index contributed by atoms with van der Waals surface area (Å²) < 4.78 is 7.25. The molecule has 0 amide bonds. The van der Waals surface area contributed by atoms with Crippen molar-refractivity contribution in [1.29, 1.82) is 0 Å². The van der Waals surface area contributed by atoms with Crippen LogP contribution in [0.3, 0.4) is 0 Å². The van der Waals surface area contributed by atoms with Gasteiger partial charge >= 0.3 is 0 Å². The van der Waals surface area contributed by atoms with E-state index in [1.54, 1.807) is 0 Å². The third-order valence-corrected chi connectivity index (χ3v) is 8.57. The zero-order chi connectivity index (χ0) is 26.5. The first-order chi connectivity index (χ1) is 19.8. The van der Waals surface area contributed by atoms with Gasteiger partial charge in [-0.3, -0.25) is 0 Å². The number of rotatable bonds is 4. The molecule has 188 valence electrons. The molecule has 8 aromatic rings. The van der Waals surface area contributed by atoms with E-state index in [1.807, 2.05) is 35.6 Å². The minimum absolute atomic E-state index is 0.632. The van der Waals surface area contributed by atoms with Gasteiger partial charge in [0.25, 0.3) is 0 Å². The van der Waals surface area contributed by atoms with E-state index < -0.39 is 0 Å². The molecule has 3 aromatic heterocycles. The van der Waals surface area contributed by atoms with Gasteiger partial charge < -0.3 is 4.42 Å². The summed E-state index contributed by atoms with van der Waals surface area (Å²) in [6.45, 7) is 0. The van der Waals surface area contributed by atoms with Crippen molar-refractivity contribution < 1.29 is 4.42 Å². The van der Waals surface area contributed by atoms with Crippen molar-refractivity contribution in [2.24, 2.45) is 0 Å². The second-order valence-corrected chi connectivity index (χ2v) is 10.8. The fourth-order valence-corrected chi connectivity index (χ4v) is 6.80. The summed E-state index contributed by atoms with van der Waals surface area (Å²) in [6.07, 6.45) is 0. The number of fused-ring (bicyclic) bond motifs is 4. The average Bonchev–Trinajstić information content (AvgIpc) is 3.65. The first kappa shape index (κ1) is 22.9. The Balaban J connectivity index is 1.40. The molecule has 0 aliphatic carbocycles. The molecule has 8 rings (SSSR count). The van der Waals surface area contributed by atoms with Crippen LogP contribution in [0, 0.1) is 0 Å². The van der Waals surface area contributed by atoms with Gasteiger partial charge in [0.2, 0.25) is 5.89 Å². The zero-order valence-electron chi connectivity index (χ0n) is 21.4. The van der Waals surface area contributed by atoms with Gasteiger partial charge in [-0.05, 0) is 41.5 Å². The van der Waals surface area contributed by atoms with E-state index in [1.165, 1.54) is 26.1 Å². The van der Waals surface area contributed by atoms with Crippen molar-refractivity contribution in [3.05, 3.63) is 133 Å². The van der Waals surface area contributed by atoms with Gasteiger partial charge in [-0.15, -0.1) is 11.3 Å². The lowest BCUT2D eigenvalue weighted by Gasteiger charge is -2.10. The number of thiophene rings is 1. The minimum atomic E-state index is 0.632. The van der Waals surface area contributed by atoms with Crippen LogP contribution >= 0.6 is 11.3 Å². The van der Waals surface area contributed by atoms with E-state index in [9.17, 15) is 0 Å². The molecule has 0 saturated carbocycles. The van der Waals surface area contributed by atoms with E-state index in [0.29, 0.717) is 5.89 Å². The topological polar surface area (TPSA) is 38.9 Å². The molecule has 0 aliphatic rings. The molecule has 0 unspecified atom stereocenters. The summed E-state index contributed by atoms with van der Waals surface area (Å²) in [4.78, 5) is 11.1. The lowest BCUT2D eigenvalue weighted by Crippen LogP contribution is -1.88. The van der Waals surface area contributed by atoms with Crippen LogP contribution in [0.15, 0.2) is 138 Å². The maximum absolute atomic E-state index is 6.05. The Bertz CT molecular complexity index is 2110. The van der Waals surface area contributed by atoms with E-state index in [4.69, 9.17) is 14.4 Å². The molecule has 0 N–H and O–H groups in total. The van der Waals surface area contributed by atoms with Gasteiger partial charge in [-0.2, -0.15) is 0 Å². The number of hydrogen-bond acceptors (Lipinski definition) is 4. The summed E-state index contributed by atoms with van der Waals surface area (Å²) in [5.74, 6) is 0.632. The largest absolute Gasteiger partial charge is 0.436 e. The molecular weight excluding hydrogens is 508 g/mol. The maximum Gasteiger partial charge on any atom is 0.227 e. The van der Waals surface area contributed by atoms with Crippen LogP contribution in [0.2, 0.25) is 0 Å². The van der Waals surface area contributed by atoms with Crippen LogP contribution in [0.25, 0.3) is 76.4 Å². The summed E-state index contributed by atoms with van der Waals surface area (Å²) >= 11 is 1.82. The SMILES string of the molecule is c1ccc(-c2sc3c(-c4ccccc4)nc4ccccc4c3c2-c2ccc(-c3nc4ccccc4o3)cc2)cc1. The molecular formula is C36H22N2OS. The lowest BCUT2D eigenvalue weighted by atomic mass is 9.95. The molecule has 0 atom stereocenters. The molecule has 0 bridgehead atoms. The number of pyridine rings is 1. The summed E-state index contributed by atoms with van der Waals surface area (Å²) in [5, 5.41) is 2.40. The highest BCUT2D eigenvalue weighted by Gasteiger charge is 2.22. The van der Waals surface area contributed by atoms with Crippen LogP contribution in [0.5, 0.6) is 0 Å². The van der Waals surface area contributed by atoms with Crippen LogP contribution in [-0.4, -0.2) is 9.97 Å². The summed E-state index contributed by atoms with van der Waals surface area (Å²) in [6, 6.07) is 46.1. The van der Waals surface area contributed by atoms with Crippen LogP contribution in [0.1, 0.15) is 0 Å². The Kier molecular flexibility index (Phi) is 5.32. The van der Waals surface area contributed by atoms with Gasteiger partial charge in [0.15, 0.2) is 5.58 Å². The Hall–Kier alpha value is -5.06. The molecule has 3 nitrogen and oxygen atoms in total. The zero-order valence-corrected chi connectivity index (χ0v) is 22.2. The van der Waals surface area contributed by atoms with Gasteiger partial charge in [0, 0.05) is 32.3 Å². The molecule has 0 spiro atoms. The highest BCUT2D eigenvalue weighted by Crippen LogP contribution is 2.49. The Morgan fingerprint density at radius 3 is 1.88 bits per heavy atom. The first-order valence-electron chi connectivity index (χ1n) is 13.3. The quantitative estimate of drug-likeness (QED) is 0.227. The van der Waals surface area contributed by atoms with Crippen molar-refractivity contribution >= 4 is 43.4 Å². The van der Waals surface area contributed by atoms with Crippen molar-refractivity contribution in [2.75, 3.05) is 0 Å². The van der Waals surface area contributed by atoms with Gasteiger partial charge in [-0.25, -0.2) is 9.97 Å². The smallest absolute Gasteiger partial charge is 0.227 e. The number of aromatic nitrogens is 2. The molecule has 3 heterocycles. The van der Waals surface area contributed by atoms with Gasteiger partial charge in [0.1, 0.15) is 5.52 Å². The Labute approximate surface area is 235 Å². The fourth-order valence-electron chi connectivity index (χ4n) is 5.44. The third-order valence-electron chi connectivity index (χ3n) is 7.33. The predicted molar refractivity (Wildman–Crippen MR) is 166 cm³/mol. The predicted octanol–water partition coefficient (Wildman–Crippen LogP) is 10.3. The fraction of sp³-hybridized carbons (Fsp3) is 0. The Morgan fingerprint density at radius 1 is 0.500 bits per heavy atom. The van der Waals surface area contributed by atoms with Gasteiger partial charge in [-0.1, -0.05) is 103 Å². The molecule has 0 saturated heterocycles. The minimum Gasteiger partial charge on any atom is -0.436 e. The van der Waals surface area contributed by atoms with Crippen molar-refractivity contribution in [2.45, 2.75) is 0 Å². The number of para-hydroxylation sites is 3. The molecule has 0 aliphatic heterocycles. The molecule has 0 radical (unpaired) electrons. The monoisotopic (exact) mass is 530 g/mol. The highest BCUT2D eigenvalue weighted by atomic mass is 32.1. The van der Waals surface area contributed by atoms with E-state index in [2.05, 4.69) is 109 Å². The molecule has 4 heteroatoms. The van der Waals surface area contributed by atoms with E-state index >= 15 is 0 Å². The average molecular weight is 531 g/mol. The second kappa shape index (κ2) is 9.30. The normalized spacial score (nSPS) is 11.5. The van der Waals surface area contributed by atoms with Gasteiger partial charge in [0.05, 0.1) is 15.9 Å². The Morgan fingerprint density at radius 2 is 1.12 bits per heavy atom. The standard InChI is InChI=1S/C36H22N2OS/c1-3-11-24(12-4-1)33-35-32(27-15-7-8-16-28(27)37-33)31(34(40-35)25-13-5-2-6-14-25)23-19-21-26(22-20-23)36-38-29-17-9-10-18-30(29)39-36/h1-22H. The van der Waals surface area contributed by atoms with E-state index in [-0.39, 0.29) is 0 Å². The van der Waals surface area contributed by atoms with Crippen molar-refractivity contribution in [3.8, 4) is 44.3 Å². The van der Waals surface area contributed by atoms with E-state index in [0.717, 1.165) is 44.4 Å². The lowest BCUT2D eigenvalue weighted by molar-refractivity contribution is 0.620. The molecule has 0 fully saturated rings. The van der Waals surface area contributed by atoms with Crippen LogP contribution in [0.4, 0.5) is 0 Å². The first-order valence-corrected chi connectivity index (χ1v) is 14.1. The molecule has 5 aromatic carbocycles. The number of hydrogen-bond donors (Lipinski definition) is 0. The van der Waals surface area contributed by atoms with Crippen LogP contribution in [-0.2, 0) is 0 Å².